The van der Waals surface area contributed by atoms with E-state index in [1.165, 1.54) is 17.5 Å². The Morgan fingerprint density at radius 2 is 1.97 bits per heavy atom. The first-order chi connectivity index (χ1) is 13.9. The summed E-state index contributed by atoms with van der Waals surface area (Å²) in [5, 5.41) is 2.89. The van der Waals surface area contributed by atoms with E-state index in [2.05, 4.69) is 5.32 Å². The van der Waals surface area contributed by atoms with Gasteiger partial charge in [0.05, 0.1) is 7.11 Å². The van der Waals surface area contributed by atoms with Crippen LogP contribution >= 0.6 is 0 Å². The summed E-state index contributed by atoms with van der Waals surface area (Å²) < 4.78 is 33.5. The van der Waals surface area contributed by atoms with E-state index in [9.17, 15) is 13.2 Å². The minimum Gasteiger partial charge on any atom is -0.495 e. The molecule has 0 aromatic heterocycles. The lowest BCUT2D eigenvalue weighted by Gasteiger charge is -2.32. The van der Waals surface area contributed by atoms with Gasteiger partial charge in [0.15, 0.2) is 0 Å². The number of carbonyl (C=O) groups excluding carboxylic acids is 1. The molecule has 1 heterocycles. The molecule has 2 aromatic carbocycles. The lowest BCUT2D eigenvalue weighted by Crippen LogP contribution is -2.42. The van der Waals surface area contributed by atoms with E-state index in [1.807, 2.05) is 38.1 Å². The first-order valence-corrected chi connectivity index (χ1v) is 11.4. The number of ether oxygens (including phenoxy) is 1. The van der Waals surface area contributed by atoms with Crippen LogP contribution in [0.4, 0.5) is 5.69 Å². The zero-order chi connectivity index (χ0) is 21.0. The van der Waals surface area contributed by atoms with E-state index < -0.39 is 10.0 Å². The van der Waals surface area contributed by atoms with Gasteiger partial charge in [-0.25, -0.2) is 8.42 Å². The molecular formula is C22H28N2O4S. The second kappa shape index (κ2) is 8.97. The quantitative estimate of drug-likeness (QED) is 0.770. The summed E-state index contributed by atoms with van der Waals surface area (Å²) in [6, 6.07) is 12.0. The molecule has 0 bridgehead atoms. The van der Waals surface area contributed by atoms with Gasteiger partial charge in [-0.3, -0.25) is 4.79 Å². The third-order valence-electron chi connectivity index (χ3n) is 5.40. The van der Waals surface area contributed by atoms with Crippen molar-refractivity contribution in [2.75, 3.05) is 19.0 Å². The van der Waals surface area contributed by atoms with Crippen molar-refractivity contribution in [3.63, 3.8) is 0 Å². The molecule has 0 unspecified atom stereocenters. The number of hydrogen-bond acceptors (Lipinski definition) is 4. The van der Waals surface area contributed by atoms with Crippen molar-refractivity contribution in [2.24, 2.45) is 0 Å². The molecule has 0 radical (unpaired) electrons. The molecular weight excluding hydrogens is 388 g/mol. The van der Waals surface area contributed by atoms with Crippen molar-refractivity contribution in [2.45, 2.75) is 50.5 Å². The SMILES string of the molecule is CCc1ccccc1NC(=O)c1ccc(OC)c(S(=O)(=O)N2CCCC[C@H]2C)c1. The fourth-order valence-electron chi connectivity index (χ4n) is 3.72. The summed E-state index contributed by atoms with van der Waals surface area (Å²) in [6.07, 6.45) is 3.46. The lowest BCUT2D eigenvalue weighted by molar-refractivity contribution is 0.102. The number of methoxy groups -OCH3 is 1. The molecule has 3 rings (SSSR count). The van der Waals surface area contributed by atoms with Crippen LogP contribution in [0.25, 0.3) is 0 Å². The number of sulfonamides is 1. The fraction of sp³-hybridized carbons (Fsp3) is 0.409. The highest BCUT2D eigenvalue weighted by Gasteiger charge is 2.33. The maximum Gasteiger partial charge on any atom is 0.255 e. The van der Waals surface area contributed by atoms with Gasteiger partial charge < -0.3 is 10.1 Å². The Balaban J connectivity index is 1.95. The number of rotatable bonds is 6. The first-order valence-electron chi connectivity index (χ1n) is 9.97. The minimum absolute atomic E-state index is 0.0326. The predicted molar refractivity (Wildman–Crippen MR) is 114 cm³/mol. The molecule has 1 fully saturated rings. The molecule has 1 atom stereocenters. The molecule has 0 saturated carbocycles. The predicted octanol–water partition coefficient (Wildman–Crippen LogP) is 4.07. The Bertz CT molecular complexity index is 988. The van der Waals surface area contributed by atoms with E-state index in [0.717, 1.165) is 36.9 Å². The average Bonchev–Trinajstić information content (AvgIpc) is 2.73. The van der Waals surface area contributed by atoms with Crippen LogP contribution in [0.5, 0.6) is 5.75 Å². The third-order valence-corrected chi connectivity index (χ3v) is 7.44. The number of nitrogens with zero attached hydrogens (tertiary/aromatic N) is 1. The van der Waals surface area contributed by atoms with Gasteiger partial charge in [-0.1, -0.05) is 31.5 Å². The number of piperidine rings is 1. The average molecular weight is 417 g/mol. The summed E-state index contributed by atoms with van der Waals surface area (Å²) in [4.78, 5) is 12.9. The van der Waals surface area contributed by atoms with Crippen molar-refractivity contribution < 1.29 is 17.9 Å². The van der Waals surface area contributed by atoms with Gasteiger partial charge in [0, 0.05) is 23.8 Å². The Morgan fingerprint density at radius 3 is 2.66 bits per heavy atom. The van der Waals surface area contributed by atoms with Gasteiger partial charge in [0.25, 0.3) is 5.91 Å². The number of benzene rings is 2. The van der Waals surface area contributed by atoms with Crippen LogP contribution < -0.4 is 10.1 Å². The molecule has 0 spiro atoms. The molecule has 1 aliphatic rings. The van der Waals surface area contributed by atoms with Gasteiger partial charge >= 0.3 is 0 Å². The zero-order valence-electron chi connectivity index (χ0n) is 17.1. The lowest BCUT2D eigenvalue weighted by atomic mass is 10.1. The van der Waals surface area contributed by atoms with Crippen LogP contribution in [-0.2, 0) is 16.4 Å². The fourth-order valence-corrected chi connectivity index (χ4v) is 5.60. The summed E-state index contributed by atoms with van der Waals surface area (Å²) in [5.41, 5.74) is 2.02. The normalized spacial score (nSPS) is 17.7. The van der Waals surface area contributed by atoms with Crippen molar-refractivity contribution >= 4 is 21.6 Å². The van der Waals surface area contributed by atoms with Crippen LogP contribution in [0, 0.1) is 0 Å². The van der Waals surface area contributed by atoms with Crippen LogP contribution in [-0.4, -0.2) is 38.3 Å². The number of anilines is 1. The monoisotopic (exact) mass is 416 g/mol. The zero-order valence-corrected chi connectivity index (χ0v) is 18.0. The van der Waals surface area contributed by atoms with Crippen LogP contribution in [0.2, 0.25) is 0 Å². The highest BCUT2D eigenvalue weighted by atomic mass is 32.2. The van der Waals surface area contributed by atoms with Gasteiger partial charge in [-0.05, 0) is 56.0 Å². The summed E-state index contributed by atoms with van der Waals surface area (Å²) in [6.45, 7) is 4.41. The van der Waals surface area contributed by atoms with Gasteiger partial charge in [0.2, 0.25) is 10.0 Å². The largest absolute Gasteiger partial charge is 0.495 e. The molecule has 6 nitrogen and oxygen atoms in total. The van der Waals surface area contributed by atoms with Crippen LogP contribution in [0.3, 0.4) is 0 Å². The number of aryl methyl sites for hydroxylation is 1. The van der Waals surface area contributed by atoms with Gasteiger partial charge in [0.1, 0.15) is 10.6 Å². The molecule has 1 N–H and O–H groups in total. The van der Waals surface area contributed by atoms with E-state index >= 15 is 0 Å². The number of hydrogen-bond donors (Lipinski definition) is 1. The highest BCUT2D eigenvalue weighted by molar-refractivity contribution is 7.89. The molecule has 1 amide bonds. The summed E-state index contributed by atoms with van der Waals surface area (Å²) >= 11 is 0. The topological polar surface area (TPSA) is 75.7 Å². The molecule has 29 heavy (non-hydrogen) atoms. The van der Waals surface area contributed by atoms with Gasteiger partial charge in [-0.2, -0.15) is 4.31 Å². The van der Waals surface area contributed by atoms with Gasteiger partial charge in [-0.15, -0.1) is 0 Å². The van der Waals surface area contributed by atoms with Crippen LogP contribution in [0.15, 0.2) is 47.4 Å². The van der Waals surface area contributed by atoms with Crippen molar-refractivity contribution in [1.29, 1.82) is 0 Å². The Labute approximate surface area is 172 Å². The number of para-hydroxylation sites is 1. The maximum absolute atomic E-state index is 13.3. The number of amides is 1. The minimum atomic E-state index is -3.77. The Kier molecular flexibility index (Phi) is 6.59. The first kappa shape index (κ1) is 21.3. The number of nitrogens with one attached hydrogen (secondary N) is 1. The van der Waals surface area contributed by atoms with Crippen molar-refractivity contribution in [3.8, 4) is 5.75 Å². The second-order valence-corrected chi connectivity index (χ2v) is 9.15. The Hall–Kier alpha value is -2.38. The molecule has 0 aliphatic carbocycles. The smallest absolute Gasteiger partial charge is 0.255 e. The molecule has 1 aliphatic heterocycles. The Morgan fingerprint density at radius 1 is 1.21 bits per heavy atom. The standard InChI is InChI=1S/C22H28N2O4S/c1-4-17-10-5-6-11-19(17)23-22(25)18-12-13-20(28-3)21(15-18)29(26,27)24-14-8-7-9-16(24)2/h5-6,10-13,15-16H,4,7-9,14H2,1-3H3,(H,23,25)/t16-/m1/s1. The van der Waals surface area contributed by atoms with E-state index in [4.69, 9.17) is 4.74 Å². The van der Waals surface area contributed by atoms with E-state index in [1.54, 1.807) is 12.1 Å². The third kappa shape index (κ3) is 4.46. The highest BCUT2D eigenvalue weighted by Crippen LogP contribution is 2.32. The molecule has 7 heteroatoms. The van der Waals surface area contributed by atoms with E-state index in [-0.39, 0.29) is 28.2 Å². The maximum atomic E-state index is 13.3. The van der Waals surface area contributed by atoms with Crippen molar-refractivity contribution in [1.82, 2.24) is 4.31 Å². The van der Waals surface area contributed by atoms with E-state index in [0.29, 0.717) is 6.54 Å². The van der Waals surface area contributed by atoms with Crippen molar-refractivity contribution in [3.05, 3.63) is 53.6 Å². The summed E-state index contributed by atoms with van der Waals surface area (Å²) in [7, 11) is -2.33. The van der Waals surface area contributed by atoms with Crippen LogP contribution in [0.1, 0.15) is 49.0 Å². The number of carbonyl (C=O) groups is 1. The second-order valence-electron chi connectivity index (χ2n) is 7.29. The molecule has 1 saturated heterocycles. The summed E-state index contributed by atoms with van der Waals surface area (Å²) in [5.74, 6) is -0.107. The molecule has 2 aromatic rings. The molecule has 156 valence electrons.